The van der Waals surface area contributed by atoms with Crippen LogP contribution in [0.2, 0.25) is 0 Å². The van der Waals surface area contributed by atoms with Gasteiger partial charge in [0.1, 0.15) is 6.61 Å². The molecule has 1 saturated heterocycles. The number of carbonyl (C=O) groups is 1. The Morgan fingerprint density at radius 3 is 2.40 bits per heavy atom. The highest BCUT2D eigenvalue weighted by Crippen LogP contribution is 2.17. The maximum Gasteiger partial charge on any atom is 0.282 e. The molecule has 4 nitrogen and oxygen atoms in total. The van der Waals surface area contributed by atoms with Crippen LogP contribution in [0, 0.1) is 0 Å². The van der Waals surface area contributed by atoms with Gasteiger partial charge in [0, 0.05) is 18.8 Å². The first kappa shape index (κ1) is 17.5. The molecule has 0 aliphatic carbocycles. The molecule has 0 atom stereocenters. The van der Waals surface area contributed by atoms with Crippen molar-refractivity contribution in [2.75, 3.05) is 18.9 Å². The van der Waals surface area contributed by atoms with Crippen molar-refractivity contribution in [3.8, 4) is 0 Å². The lowest BCUT2D eigenvalue weighted by molar-refractivity contribution is -0.124. The van der Waals surface area contributed by atoms with Crippen LogP contribution in [0.3, 0.4) is 0 Å². The Bertz CT molecular complexity index is 704. The number of thioether (sulfide) groups is 1. The first-order chi connectivity index (χ1) is 12.3. The molecule has 0 aromatic heterocycles. The van der Waals surface area contributed by atoms with E-state index in [2.05, 4.69) is 17.3 Å². The summed E-state index contributed by atoms with van der Waals surface area (Å²) in [6.07, 6.45) is 1.83. The van der Waals surface area contributed by atoms with Gasteiger partial charge in [0.25, 0.3) is 5.91 Å². The summed E-state index contributed by atoms with van der Waals surface area (Å²) < 4.78 is 0. The number of benzene rings is 2. The highest BCUT2D eigenvalue weighted by molar-refractivity contribution is 8.15. The molecule has 0 radical (unpaired) electrons. The molecule has 25 heavy (non-hydrogen) atoms. The van der Waals surface area contributed by atoms with Crippen LogP contribution >= 0.6 is 11.8 Å². The molecule has 2 aromatic rings. The van der Waals surface area contributed by atoms with Crippen molar-refractivity contribution in [1.82, 2.24) is 4.90 Å². The zero-order valence-electron chi connectivity index (χ0n) is 14.1. The molecule has 0 N–H and O–H groups in total. The van der Waals surface area contributed by atoms with E-state index in [1.165, 1.54) is 17.3 Å². The minimum Gasteiger partial charge on any atom is -0.395 e. The second-order valence-corrected chi connectivity index (χ2v) is 6.96. The van der Waals surface area contributed by atoms with E-state index in [-0.39, 0.29) is 5.91 Å². The van der Waals surface area contributed by atoms with Gasteiger partial charge in [-0.25, -0.2) is 0 Å². The highest BCUT2D eigenvalue weighted by atomic mass is 32.2. The summed E-state index contributed by atoms with van der Waals surface area (Å²) in [5.41, 5.74) is 2.42. The molecule has 1 aliphatic rings. The SMILES string of the molecule is O=C1C(=NOCCCc2ccccc2)SCCN1Cc1ccccc1. The standard InChI is InChI=1S/C20H22N2O2S/c23-20-19(21-24-14-7-12-17-8-3-1-4-9-17)25-15-13-22(20)16-18-10-5-2-6-11-18/h1-6,8-11H,7,12-16H2. The maximum absolute atomic E-state index is 12.5. The summed E-state index contributed by atoms with van der Waals surface area (Å²) in [5.74, 6) is 0.813. The van der Waals surface area contributed by atoms with Gasteiger partial charge in [-0.15, -0.1) is 0 Å². The van der Waals surface area contributed by atoms with E-state index in [1.54, 1.807) is 0 Å². The van der Waals surface area contributed by atoms with E-state index in [4.69, 9.17) is 4.84 Å². The van der Waals surface area contributed by atoms with Gasteiger partial charge in [0.15, 0.2) is 0 Å². The van der Waals surface area contributed by atoms with Crippen molar-refractivity contribution in [2.45, 2.75) is 19.4 Å². The van der Waals surface area contributed by atoms with E-state index in [0.717, 1.165) is 30.7 Å². The van der Waals surface area contributed by atoms with Crippen LogP contribution < -0.4 is 0 Å². The molecular formula is C20H22N2O2S. The van der Waals surface area contributed by atoms with Gasteiger partial charge in [-0.1, -0.05) is 77.6 Å². The molecule has 2 aromatic carbocycles. The Labute approximate surface area is 152 Å². The molecule has 1 heterocycles. The van der Waals surface area contributed by atoms with Gasteiger partial charge in [-0.05, 0) is 24.0 Å². The molecule has 1 fully saturated rings. The molecule has 5 heteroatoms. The number of nitrogens with zero attached hydrogens (tertiary/aromatic N) is 2. The van der Waals surface area contributed by atoms with Crippen LogP contribution in [0.4, 0.5) is 0 Å². The van der Waals surface area contributed by atoms with Crippen molar-refractivity contribution < 1.29 is 9.63 Å². The maximum atomic E-state index is 12.5. The number of hydrogen-bond donors (Lipinski definition) is 0. The number of oxime groups is 1. The second-order valence-electron chi connectivity index (χ2n) is 5.88. The zero-order chi connectivity index (χ0) is 17.3. The highest BCUT2D eigenvalue weighted by Gasteiger charge is 2.26. The summed E-state index contributed by atoms with van der Waals surface area (Å²) in [6.45, 7) is 1.88. The first-order valence-electron chi connectivity index (χ1n) is 8.53. The third kappa shape index (κ3) is 5.36. The third-order valence-corrected chi connectivity index (χ3v) is 4.89. The number of rotatable bonds is 7. The predicted octanol–water partition coefficient (Wildman–Crippen LogP) is 3.72. The summed E-state index contributed by atoms with van der Waals surface area (Å²) >= 11 is 1.47. The lowest BCUT2D eigenvalue weighted by atomic mass is 10.1. The van der Waals surface area contributed by atoms with E-state index in [9.17, 15) is 4.79 Å². The summed E-state index contributed by atoms with van der Waals surface area (Å²) in [6, 6.07) is 20.3. The summed E-state index contributed by atoms with van der Waals surface area (Å²) in [4.78, 5) is 19.7. The third-order valence-electron chi connectivity index (χ3n) is 3.98. The van der Waals surface area contributed by atoms with Crippen molar-refractivity contribution in [3.05, 3.63) is 71.8 Å². The van der Waals surface area contributed by atoms with Crippen molar-refractivity contribution in [1.29, 1.82) is 0 Å². The molecule has 0 saturated carbocycles. The average molecular weight is 354 g/mol. The van der Waals surface area contributed by atoms with Gasteiger partial charge in [0.2, 0.25) is 5.04 Å². The Morgan fingerprint density at radius 1 is 1.00 bits per heavy atom. The molecule has 130 valence electrons. The number of carbonyl (C=O) groups excluding carboxylic acids is 1. The van der Waals surface area contributed by atoms with Crippen molar-refractivity contribution >= 4 is 22.7 Å². The number of hydrogen-bond acceptors (Lipinski definition) is 4. The summed E-state index contributed by atoms with van der Waals surface area (Å²) in [7, 11) is 0. The molecule has 0 bridgehead atoms. The van der Waals surface area contributed by atoms with E-state index < -0.39 is 0 Å². The van der Waals surface area contributed by atoms with Gasteiger partial charge < -0.3 is 9.74 Å². The Kier molecular flexibility index (Phi) is 6.51. The lowest BCUT2D eigenvalue weighted by Crippen LogP contribution is -2.40. The van der Waals surface area contributed by atoms with Crippen LogP contribution in [-0.4, -0.2) is 34.8 Å². The fraction of sp³-hybridized carbons (Fsp3) is 0.300. The van der Waals surface area contributed by atoms with Crippen LogP contribution in [0.5, 0.6) is 0 Å². The zero-order valence-corrected chi connectivity index (χ0v) is 15.0. The van der Waals surface area contributed by atoms with Gasteiger partial charge in [-0.3, -0.25) is 4.79 Å². The number of aryl methyl sites for hydroxylation is 1. The van der Waals surface area contributed by atoms with Crippen molar-refractivity contribution in [2.24, 2.45) is 5.16 Å². The molecule has 0 unspecified atom stereocenters. The smallest absolute Gasteiger partial charge is 0.282 e. The molecule has 1 aliphatic heterocycles. The van der Waals surface area contributed by atoms with Gasteiger partial charge in [-0.2, -0.15) is 0 Å². The number of amides is 1. The molecular weight excluding hydrogens is 332 g/mol. The molecule has 1 amide bonds. The monoisotopic (exact) mass is 354 g/mol. The van der Waals surface area contributed by atoms with E-state index in [0.29, 0.717) is 18.2 Å². The Balaban J connectivity index is 1.46. The fourth-order valence-electron chi connectivity index (χ4n) is 2.66. The van der Waals surface area contributed by atoms with Gasteiger partial charge >= 0.3 is 0 Å². The van der Waals surface area contributed by atoms with E-state index in [1.807, 2.05) is 53.4 Å². The largest absolute Gasteiger partial charge is 0.395 e. The summed E-state index contributed by atoms with van der Waals surface area (Å²) in [5, 5.41) is 4.54. The quantitative estimate of drug-likeness (QED) is 0.562. The molecule has 3 rings (SSSR count). The van der Waals surface area contributed by atoms with Crippen molar-refractivity contribution in [3.63, 3.8) is 0 Å². The Hall–Kier alpha value is -2.27. The second kappa shape index (κ2) is 9.28. The topological polar surface area (TPSA) is 41.9 Å². The fourth-order valence-corrected chi connectivity index (χ4v) is 3.52. The van der Waals surface area contributed by atoms with Crippen LogP contribution in [0.15, 0.2) is 65.8 Å². The Morgan fingerprint density at radius 2 is 1.68 bits per heavy atom. The van der Waals surface area contributed by atoms with Crippen LogP contribution in [0.1, 0.15) is 17.5 Å². The minimum absolute atomic E-state index is 0.0387. The van der Waals surface area contributed by atoms with Crippen LogP contribution in [-0.2, 0) is 22.6 Å². The predicted molar refractivity (Wildman–Crippen MR) is 102 cm³/mol. The first-order valence-corrected chi connectivity index (χ1v) is 9.51. The normalized spacial score (nSPS) is 16.2. The molecule has 0 spiro atoms. The minimum atomic E-state index is -0.0387. The van der Waals surface area contributed by atoms with E-state index >= 15 is 0 Å². The van der Waals surface area contributed by atoms with Gasteiger partial charge in [0.05, 0.1) is 0 Å². The van der Waals surface area contributed by atoms with Crippen LogP contribution in [0.25, 0.3) is 0 Å². The lowest BCUT2D eigenvalue weighted by Gasteiger charge is -2.26. The average Bonchev–Trinajstić information content (AvgIpc) is 2.66.